The Morgan fingerprint density at radius 2 is 2.10 bits per heavy atom. The zero-order valence-electron chi connectivity index (χ0n) is 11.4. The Labute approximate surface area is 123 Å². The summed E-state index contributed by atoms with van der Waals surface area (Å²) < 4.78 is 0. The monoisotopic (exact) mass is 286 g/mol. The molecule has 4 nitrogen and oxygen atoms in total. The van der Waals surface area contributed by atoms with Crippen molar-refractivity contribution in [1.82, 2.24) is 9.97 Å². The van der Waals surface area contributed by atoms with Crippen LogP contribution in [0.1, 0.15) is 12.5 Å². The number of nitrogens with zero attached hydrogens (tertiary/aromatic N) is 3. The number of aliphatic imine (C=N–C) groups is 1. The number of rotatable bonds is 3. The smallest absolute Gasteiger partial charge is 0.222 e. The van der Waals surface area contributed by atoms with Crippen molar-refractivity contribution < 1.29 is 0 Å². The van der Waals surface area contributed by atoms with E-state index < -0.39 is 0 Å². The zero-order chi connectivity index (χ0) is 14.7. The van der Waals surface area contributed by atoms with Crippen LogP contribution in [0.2, 0.25) is 5.28 Å². The Balaban J connectivity index is 2.57. The summed E-state index contributed by atoms with van der Waals surface area (Å²) in [5, 5.41) is 0.213. The van der Waals surface area contributed by atoms with Gasteiger partial charge in [0.15, 0.2) is 0 Å². The molecule has 0 amide bonds. The summed E-state index contributed by atoms with van der Waals surface area (Å²) in [6.07, 6.45) is 1.62. The molecule has 0 aliphatic heterocycles. The van der Waals surface area contributed by atoms with Gasteiger partial charge in [0, 0.05) is 30.1 Å². The molecule has 0 bridgehead atoms. The summed E-state index contributed by atoms with van der Waals surface area (Å²) in [7, 11) is 1.72. The average molecular weight is 287 g/mol. The average Bonchev–Trinajstić information content (AvgIpc) is 2.41. The minimum Gasteiger partial charge on any atom is -0.398 e. The number of hydrogen-bond donors (Lipinski definition) is 1. The van der Waals surface area contributed by atoms with Crippen LogP contribution in [0, 0.1) is 0 Å². The Morgan fingerprint density at radius 1 is 1.35 bits per heavy atom. The molecule has 20 heavy (non-hydrogen) atoms. The van der Waals surface area contributed by atoms with E-state index in [0.29, 0.717) is 5.69 Å². The number of halogens is 1. The molecule has 0 spiro atoms. The van der Waals surface area contributed by atoms with Crippen molar-refractivity contribution >= 4 is 23.0 Å². The quantitative estimate of drug-likeness (QED) is 0.534. The second-order valence-corrected chi connectivity index (χ2v) is 4.70. The lowest BCUT2D eigenvalue weighted by Gasteiger charge is -2.11. The predicted octanol–water partition coefficient (Wildman–Crippen LogP) is 3.37. The zero-order valence-corrected chi connectivity index (χ0v) is 12.1. The van der Waals surface area contributed by atoms with E-state index in [1.54, 1.807) is 19.3 Å². The molecule has 102 valence electrons. The summed E-state index contributed by atoms with van der Waals surface area (Å²) in [6.45, 7) is 5.83. The van der Waals surface area contributed by atoms with Gasteiger partial charge in [0.05, 0.1) is 11.4 Å². The van der Waals surface area contributed by atoms with E-state index in [9.17, 15) is 0 Å². The molecule has 0 atom stereocenters. The molecule has 0 aliphatic carbocycles. The number of benzene rings is 1. The van der Waals surface area contributed by atoms with E-state index in [1.807, 2.05) is 25.1 Å². The first-order chi connectivity index (χ1) is 9.52. The second-order valence-electron chi connectivity index (χ2n) is 4.37. The van der Waals surface area contributed by atoms with Crippen LogP contribution in [0.25, 0.3) is 11.3 Å². The molecule has 0 saturated carbocycles. The largest absolute Gasteiger partial charge is 0.398 e. The van der Waals surface area contributed by atoms with Crippen LogP contribution in [0.3, 0.4) is 0 Å². The molecule has 0 unspecified atom stereocenters. The van der Waals surface area contributed by atoms with Gasteiger partial charge in [0.1, 0.15) is 0 Å². The summed E-state index contributed by atoms with van der Waals surface area (Å²) in [6, 6.07) is 7.45. The molecule has 2 N–H and O–H groups in total. The molecule has 0 fully saturated rings. The van der Waals surface area contributed by atoms with Crippen LogP contribution >= 0.6 is 11.6 Å². The fourth-order valence-electron chi connectivity index (χ4n) is 1.96. The molecule has 1 heterocycles. The number of allylic oxidation sites excluding steroid dienone is 1. The first kappa shape index (κ1) is 14.2. The highest BCUT2D eigenvalue weighted by Gasteiger charge is 2.10. The molecular weight excluding hydrogens is 272 g/mol. The third-order valence-electron chi connectivity index (χ3n) is 2.86. The SMILES string of the molecule is C=C(C)C(=NC)c1cc(-c2ccnc(Cl)n2)ccc1N. The van der Waals surface area contributed by atoms with Crippen LogP contribution in [-0.4, -0.2) is 22.7 Å². The van der Waals surface area contributed by atoms with Crippen molar-refractivity contribution in [2.45, 2.75) is 6.92 Å². The van der Waals surface area contributed by atoms with Gasteiger partial charge in [-0.2, -0.15) is 0 Å². The maximum Gasteiger partial charge on any atom is 0.222 e. The van der Waals surface area contributed by atoms with Crippen LogP contribution in [0.4, 0.5) is 5.69 Å². The number of hydrogen-bond acceptors (Lipinski definition) is 4. The lowest BCUT2D eigenvalue weighted by Crippen LogP contribution is -2.06. The van der Waals surface area contributed by atoms with Gasteiger partial charge in [0.25, 0.3) is 0 Å². The topological polar surface area (TPSA) is 64.2 Å². The molecule has 2 rings (SSSR count). The van der Waals surface area contributed by atoms with E-state index in [-0.39, 0.29) is 5.28 Å². The fraction of sp³-hybridized carbons (Fsp3) is 0.133. The fourth-order valence-corrected chi connectivity index (χ4v) is 2.10. The molecule has 5 heteroatoms. The third kappa shape index (κ3) is 2.86. The first-order valence-corrected chi connectivity index (χ1v) is 6.42. The van der Waals surface area contributed by atoms with Gasteiger partial charge in [-0.05, 0) is 42.3 Å². The molecular formula is C15H15ClN4. The summed E-state index contributed by atoms with van der Waals surface area (Å²) in [4.78, 5) is 12.3. The van der Waals surface area contributed by atoms with E-state index in [2.05, 4.69) is 21.5 Å². The maximum absolute atomic E-state index is 6.03. The lowest BCUT2D eigenvalue weighted by atomic mass is 9.99. The van der Waals surface area contributed by atoms with E-state index in [4.69, 9.17) is 17.3 Å². The van der Waals surface area contributed by atoms with E-state index >= 15 is 0 Å². The summed E-state index contributed by atoms with van der Waals surface area (Å²) in [5.41, 5.74) is 10.8. The van der Waals surface area contributed by atoms with E-state index in [1.165, 1.54) is 0 Å². The first-order valence-electron chi connectivity index (χ1n) is 6.04. The Hall–Kier alpha value is -2.20. The minimum atomic E-state index is 0.213. The van der Waals surface area contributed by atoms with Crippen LogP contribution in [0.5, 0.6) is 0 Å². The molecule has 0 radical (unpaired) electrons. The number of nitrogen functional groups attached to an aromatic ring is 1. The van der Waals surface area contributed by atoms with Gasteiger partial charge in [-0.3, -0.25) is 4.99 Å². The van der Waals surface area contributed by atoms with Gasteiger partial charge >= 0.3 is 0 Å². The van der Waals surface area contributed by atoms with Gasteiger partial charge in [-0.15, -0.1) is 0 Å². The van der Waals surface area contributed by atoms with Crippen LogP contribution in [-0.2, 0) is 0 Å². The highest BCUT2D eigenvalue weighted by Crippen LogP contribution is 2.24. The molecule has 2 aromatic rings. The number of anilines is 1. The van der Waals surface area contributed by atoms with Gasteiger partial charge in [0.2, 0.25) is 5.28 Å². The van der Waals surface area contributed by atoms with Crippen molar-refractivity contribution in [3.63, 3.8) is 0 Å². The van der Waals surface area contributed by atoms with Crippen LogP contribution < -0.4 is 5.73 Å². The molecule has 0 saturated heterocycles. The molecule has 0 aliphatic rings. The minimum absolute atomic E-state index is 0.213. The summed E-state index contributed by atoms with van der Waals surface area (Å²) in [5.74, 6) is 0. The normalized spacial score (nSPS) is 11.4. The predicted molar refractivity (Wildman–Crippen MR) is 84.2 cm³/mol. The highest BCUT2D eigenvalue weighted by atomic mass is 35.5. The third-order valence-corrected chi connectivity index (χ3v) is 3.04. The van der Waals surface area contributed by atoms with Crippen molar-refractivity contribution in [2.75, 3.05) is 12.8 Å². The standard InChI is InChI=1S/C15H15ClN4/c1-9(2)14(18-3)11-8-10(4-5-12(11)17)13-6-7-19-15(16)20-13/h4-8H,1,17H2,2-3H3. The van der Waals surface area contributed by atoms with Crippen molar-refractivity contribution in [3.8, 4) is 11.3 Å². The Morgan fingerprint density at radius 3 is 2.70 bits per heavy atom. The van der Waals surface area contributed by atoms with Crippen molar-refractivity contribution in [3.05, 3.63) is 53.5 Å². The Kier molecular flexibility index (Phi) is 4.15. The number of aromatic nitrogens is 2. The molecule has 1 aromatic carbocycles. The van der Waals surface area contributed by atoms with Gasteiger partial charge in [-0.25, -0.2) is 9.97 Å². The van der Waals surface area contributed by atoms with E-state index in [0.717, 1.165) is 28.1 Å². The van der Waals surface area contributed by atoms with Crippen molar-refractivity contribution in [2.24, 2.45) is 4.99 Å². The highest BCUT2D eigenvalue weighted by molar-refractivity contribution is 6.28. The number of nitrogens with two attached hydrogens (primary N) is 1. The maximum atomic E-state index is 6.03. The van der Waals surface area contributed by atoms with Gasteiger partial charge < -0.3 is 5.73 Å². The molecule has 1 aromatic heterocycles. The summed E-state index contributed by atoms with van der Waals surface area (Å²) >= 11 is 5.82. The van der Waals surface area contributed by atoms with Crippen molar-refractivity contribution in [1.29, 1.82) is 0 Å². The lowest BCUT2D eigenvalue weighted by molar-refractivity contribution is 1.17. The van der Waals surface area contributed by atoms with Crippen LogP contribution in [0.15, 0.2) is 47.6 Å². The second kappa shape index (κ2) is 5.84. The van der Waals surface area contributed by atoms with Gasteiger partial charge in [-0.1, -0.05) is 12.6 Å². The Bertz CT molecular complexity index is 692.